The Labute approximate surface area is 77.6 Å². The van der Waals surface area contributed by atoms with Crippen molar-refractivity contribution < 1.29 is 13.2 Å². The number of nitrogens with one attached hydrogen (secondary N) is 1. The molecule has 1 aliphatic rings. The zero-order valence-corrected chi connectivity index (χ0v) is 7.50. The first-order chi connectivity index (χ1) is 6.09. The molecule has 0 saturated carbocycles. The number of fused-ring (bicyclic) bond motifs is 1. The maximum Gasteiger partial charge on any atom is 0.408 e. The number of alkyl halides is 3. The summed E-state index contributed by atoms with van der Waals surface area (Å²) in [5.74, 6) is 0. The highest BCUT2D eigenvalue weighted by molar-refractivity contribution is 7.10. The Morgan fingerprint density at radius 1 is 1.46 bits per heavy atom. The number of rotatable bonds is 0. The fourth-order valence-corrected chi connectivity index (χ4v) is 2.57. The number of hydrogen-bond donors (Lipinski definition) is 1. The average Bonchev–Trinajstić information content (AvgIpc) is 2.48. The molecule has 13 heavy (non-hydrogen) atoms. The van der Waals surface area contributed by atoms with E-state index in [1.807, 2.05) is 0 Å². The zero-order valence-electron chi connectivity index (χ0n) is 6.69. The van der Waals surface area contributed by atoms with Crippen LogP contribution in [0.15, 0.2) is 11.4 Å². The maximum atomic E-state index is 12.4. The van der Waals surface area contributed by atoms with Crippen molar-refractivity contribution in [1.82, 2.24) is 5.32 Å². The molecule has 0 spiro atoms. The van der Waals surface area contributed by atoms with E-state index in [1.165, 1.54) is 11.3 Å². The second-order valence-corrected chi connectivity index (χ2v) is 3.94. The van der Waals surface area contributed by atoms with Crippen molar-refractivity contribution in [1.29, 1.82) is 0 Å². The average molecular weight is 207 g/mol. The minimum absolute atomic E-state index is 0.411. The normalized spacial score (nSPS) is 22.8. The Morgan fingerprint density at radius 3 is 2.92 bits per heavy atom. The highest BCUT2D eigenvalue weighted by Crippen LogP contribution is 2.38. The van der Waals surface area contributed by atoms with Gasteiger partial charge in [-0.3, -0.25) is 0 Å². The largest absolute Gasteiger partial charge is 0.408 e. The van der Waals surface area contributed by atoms with Gasteiger partial charge in [-0.1, -0.05) is 0 Å². The van der Waals surface area contributed by atoms with Crippen LogP contribution in [0.4, 0.5) is 13.2 Å². The van der Waals surface area contributed by atoms with Crippen LogP contribution in [0.3, 0.4) is 0 Å². The molecule has 0 amide bonds. The van der Waals surface area contributed by atoms with Crippen LogP contribution < -0.4 is 5.32 Å². The van der Waals surface area contributed by atoms with E-state index in [2.05, 4.69) is 5.32 Å². The third-order valence-corrected chi connectivity index (χ3v) is 3.14. The molecule has 0 radical (unpaired) electrons. The minimum Gasteiger partial charge on any atom is -0.301 e. The zero-order chi connectivity index (χ0) is 9.47. The Bertz CT molecular complexity index is 305. The molecule has 2 rings (SSSR count). The topological polar surface area (TPSA) is 12.0 Å². The lowest BCUT2D eigenvalue weighted by Crippen LogP contribution is -2.38. The quantitative estimate of drug-likeness (QED) is 0.689. The van der Waals surface area contributed by atoms with E-state index in [9.17, 15) is 13.2 Å². The SMILES string of the molecule is FC(F)(F)C1NCCc2ccsc21. The Balaban J connectivity index is 2.35. The molecule has 1 aliphatic heterocycles. The summed E-state index contributed by atoms with van der Waals surface area (Å²) in [6.45, 7) is 0.411. The summed E-state index contributed by atoms with van der Waals surface area (Å²) in [6, 6.07) is 0.329. The molecule has 0 fully saturated rings. The lowest BCUT2D eigenvalue weighted by atomic mass is 10.0. The van der Waals surface area contributed by atoms with Crippen LogP contribution in [-0.4, -0.2) is 12.7 Å². The van der Waals surface area contributed by atoms with Gasteiger partial charge < -0.3 is 5.32 Å². The first kappa shape index (κ1) is 9.02. The highest BCUT2D eigenvalue weighted by atomic mass is 32.1. The van der Waals surface area contributed by atoms with Crippen LogP contribution in [-0.2, 0) is 6.42 Å². The molecule has 2 heterocycles. The number of halogens is 3. The summed E-state index contributed by atoms with van der Waals surface area (Å²) in [4.78, 5) is 0.429. The van der Waals surface area contributed by atoms with Gasteiger partial charge in [0.15, 0.2) is 0 Å². The first-order valence-electron chi connectivity index (χ1n) is 3.95. The van der Waals surface area contributed by atoms with Crippen LogP contribution in [0, 0.1) is 0 Å². The molecule has 1 aromatic heterocycles. The highest BCUT2D eigenvalue weighted by Gasteiger charge is 2.43. The fourth-order valence-electron chi connectivity index (χ4n) is 1.52. The molecule has 0 bridgehead atoms. The van der Waals surface area contributed by atoms with Gasteiger partial charge in [-0.15, -0.1) is 11.3 Å². The molecule has 1 N–H and O–H groups in total. The second-order valence-electron chi connectivity index (χ2n) is 2.99. The monoisotopic (exact) mass is 207 g/mol. The summed E-state index contributed by atoms with van der Waals surface area (Å²) >= 11 is 1.18. The molecule has 1 unspecified atom stereocenters. The van der Waals surface area contributed by atoms with Gasteiger partial charge >= 0.3 is 6.18 Å². The van der Waals surface area contributed by atoms with Crippen molar-refractivity contribution >= 4 is 11.3 Å². The van der Waals surface area contributed by atoms with Crippen LogP contribution in [0.2, 0.25) is 0 Å². The smallest absolute Gasteiger partial charge is 0.301 e. The van der Waals surface area contributed by atoms with Gasteiger partial charge in [-0.2, -0.15) is 13.2 Å². The van der Waals surface area contributed by atoms with Crippen molar-refractivity contribution in [3.8, 4) is 0 Å². The van der Waals surface area contributed by atoms with E-state index in [1.54, 1.807) is 11.4 Å². The maximum absolute atomic E-state index is 12.4. The summed E-state index contributed by atoms with van der Waals surface area (Å²) in [6.07, 6.45) is -3.47. The van der Waals surface area contributed by atoms with Crippen molar-refractivity contribution in [3.63, 3.8) is 0 Å². The Kier molecular flexibility index (Phi) is 2.08. The molecular weight excluding hydrogens is 199 g/mol. The molecular formula is C8H8F3NS. The first-order valence-corrected chi connectivity index (χ1v) is 4.83. The summed E-state index contributed by atoms with van der Waals surface area (Å²) < 4.78 is 37.3. The lowest BCUT2D eigenvalue weighted by molar-refractivity contribution is -0.158. The summed E-state index contributed by atoms with van der Waals surface area (Å²) in [5.41, 5.74) is 0.839. The van der Waals surface area contributed by atoms with E-state index < -0.39 is 12.2 Å². The van der Waals surface area contributed by atoms with Crippen molar-refractivity contribution in [2.24, 2.45) is 0 Å². The summed E-state index contributed by atoms with van der Waals surface area (Å²) in [5, 5.41) is 4.21. The Morgan fingerprint density at radius 2 is 2.23 bits per heavy atom. The predicted molar refractivity (Wildman–Crippen MR) is 44.8 cm³/mol. The van der Waals surface area contributed by atoms with Gasteiger partial charge in [0.05, 0.1) is 0 Å². The molecule has 5 heteroatoms. The van der Waals surface area contributed by atoms with Crippen molar-refractivity contribution in [2.45, 2.75) is 18.6 Å². The van der Waals surface area contributed by atoms with E-state index in [4.69, 9.17) is 0 Å². The standard InChI is InChI=1S/C8H8F3NS/c9-8(10,11)7-6-5(1-3-12-7)2-4-13-6/h2,4,7,12H,1,3H2. The lowest BCUT2D eigenvalue weighted by Gasteiger charge is -2.25. The molecule has 1 atom stereocenters. The van der Waals surface area contributed by atoms with Gasteiger partial charge in [0, 0.05) is 11.4 Å². The van der Waals surface area contributed by atoms with Crippen LogP contribution in [0.25, 0.3) is 0 Å². The van der Waals surface area contributed by atoms with Crippen molar-refractivity contribution in [3.05, 3.63) is 21.9 Å². The molecule has 1 nitrogen and oxygen atoms in total. The Hall–Kier alpha value is -0.550. The number of hydrogen-bond acceptors (Lipinski definition) is 2. The third-order valence-electron chi connectivity index (χ3n) is 2.11. The van der Waals surface area contributed by atoms with E-state index >= 15 is 0 Å². The molecule has 1 aromatic rings. The summed E-state index contributed by atoms with van der Waals surface area (Å²) in [7, 11) is 0. The molecule has 0 aromatic carbocycles. The van der Waals surface area contributed by atoms with Gasteiger partial charge in [0.2, 0.25) is 0 Å². The van der Waals surface area contributed by atoms with Crippen LogP contribution in [0.1, 0.15) is 16.5 Å². The van der Waals surface area contributed by atoms with Crippen LogP contribution >= 0.6 is 11.3 Å². The fraction of sp³-hybridized carbons (Fsp3) is 0.500. The van der Waals surface area contributed by atoms with Gasteiger partial charge in [0.25, 0.3) is 0 Å². The predicted octanol–water partition coefficient (Wildman–Crippen LogP) is 2.50. The van der Waals surface area contributed by atoms with E-state index in [0.717, 1.165) is 5.56 Å². The minimum atomic E-state index is -4.17. The number of thiophene rings is 1. The van der Waals surface area contributed by atoms with Crippen molar-refractivity contribution in [2.75, 3.05) is 6.54 Å². The molecule has 72 valence electrons. The third kappa shape index (κ3) is 1.58. The van der Waals surface area contributed by atoms with Gasteiger partial charge in [-0.05, 0) is 23.4 Å². The van der Waals surface area contributed by atoms with Gasteiger partial charge in [0.1, 0.15) is 6.04 Å². The van der Waals surface area contributed by atoms with E-state index in [0.29, 0.717) is 17.8 Å². The van der Waals surface area contributed by atoms with E-state index in [-0.39, 0.29) is 0 Å². The second kappa shape index (κ2) is 2.99. The van der Waals surface area contributed by atoms with Gasteiger partial charge in [-0.25, -0.2) is 0 Å². The van der Waals surface area contributed by atoms with Crippen LogP contribution in [0.5, 0.6) is 0 Å². The molecule has 0 aliphatic carbocycles. The molecule has 0 saturated heterocycles.